The molecule has 0 bridgehead atoms. The Morgan fingerprint density at radius 2 is 1.86 bits per heavy atom. The predicted octanol–water partition coefficient (Wildman–Crippen LogP) is 3.18. The molecule has 0 fully saturated rings. The molecule has 6 heteroatoms. The number of benzene rings is 2. The molecular formula is C15H11N3O3. The average Bonchev–Trinajstić information content (AvgIpc) is 2.97. The Hall–Kier alpha value is -3.15. The van der Waals surface area contributed by atoms with Crippen molar-refractivity contribution in [1.29, 1.82) is 0 Å². The molecule has 3 aromatic rings. The van der Waals surface area contributed by atoms with Gasteiger partial charge in [-0.05, 0) is 30.3 Å². The van der Waals surface area contributed by atoms with Gasteiger partial charge in [0.1, 0.15) is 0 Å². The zero-order valence-corrected chi connectivity index (χ0v) is 10.9. The Kier molecular flexibility index (Phi) is 3.34. The Bertz CT molecular complexity index is 769. The van der Waals surface area contributed by atoms with E-state index in [2.05, 4.69) is 15.5 Å². The first-order valence-electron chi connectivity index (χ1n) is 6.22. The summed E-state index contributed by atoms with van der Waals surface area (Å²) >= 11 is 0. The van der Waals surface area contributed by atoms with Crippen molar-refractivity contribution in [2.24, 2.45) is 0 Å². The molecule has 0 saturated heterocycles. The highest BCUT2D eigenvalue weighted by Crippen LogP contribution is 2.22. The van der Waals surface area contributed by atoms with Gasteiger partial charge < -0.3 is 14.8 Å². The van der Waals surface area contributed by atoms with Gasteiger partial charge in [0.05, 0.1) is 5.56 Å². The van der Waals surface area contributed by atoms with Crippen LogP contribution in [0.25, 0.3) is 11.5 Å². The molecule has 1 heterocycles. The van der Waals surface area contributed by atoms with E-state index in [9.17, 15) is 4.79 Å². The third kappa shape index (κ3) is 2.89. The fourth-order valence-corrected chi connectivity index (χ4v) is 1.82. The second-order valence-electron chi connectivity index (χ2n) is 4.29. The van der Waals surface area contributed by atoms with Crippen molar-refractivity contribution < 1.29 is 14.3 Å². The van der Waals surface area contributed by atoms with E-state index in [1.54, 1.807) is 12.1 Å². The maximum atomic E-state index is 10.9. The van der Waals surface area contributed by atoms with Crippen LogP contribution >= 0.6 is 0 Å². The number of aromatic nitrogens is 2. The first kappa shape index (κ1) is 12.9. The molecule has 2 aromatic carbocycles. The topological polar surface area (TPSA) is 88.2 Å². The zero-order chi connectivity index (χ0) is 14.7. The third-order valence-electron chi connectivity index (χ3n) is 2.81. The number of rotatable bonds is 4. The van der Waals surface area contributed by atoms with Crippen LogP contribution in [0.2, 0.25) is 0 Å². The van der Waals surface area contributed by atoms with Gasteiger partial charge in [0, 0.05) is 11.3 Å². The number of carboxylic acids is 1. The maximum absolute atomic E-state index is 10.9. The van der Waals surface area contributed by atoms with Gasteiger partial charge >= 0.3 is 12.0 Å². The van der Waals surface area contributed by atoms with Crippen LogP contribution < -0.4 is 5.32 Å². The summed E-state index contributed by atoms with van der Waals surface area (Å²) in [5.41, 5.74) is 1.57. The van der Waals surface area contributed by atoms with Crippen molar-refractivity contribution >= 4 is 17.7 Å². The van der Waals surface area contributed by atoms with Crippen LogP contribution in [-0.4, -0.2) is 21.3 Å². The van der Waals surface area contributed by atoms with E-state index < -0.39 is 5.97 Å². The number of carbonyl (C=O) groups is 1. The summed E-state index contributed by atoms with van der Waals surface area (Å²) < 4.78 is 5.49. The molecule has 0 amide bonds. The first-order chi connectivity index (χ1) is 10.2. The Balaban J connectivity index is 1.82. The van der Waals surface area contributed by atoms with Crippen molar-refractivity contribution in [3.8, 4) is 11.5 Å². The van der Waals surface area contributed by atoms with Gasteiger partial charge in [0.2, 0.25) is 5.89 Å². The quantitative estimate of drug-likeness (QED) is 0.763. The summed E-state index contributed by atoms with van der Waals surface area (Å²) in [5.74, 6) is -0.596. The number of carboxylic acid groups (broad SMARTS) is 1. The normalized spacial score (nSPS) is 10.3. The highest BCUT2D eigenvalue weighted by molar-refractivity contribution is 5.88. The van der Waals surface area contributed by atoms with Gasteiger partial charge in [-0.3, -0.25) is 0 Å². The predicted molar refractivity (Wildman–Crippen MR) is 76.4 cm³/mol. The van der Waals surface area contributed by atoms with Crippen LogP contribution in [0.1, 0.15) is 10.4 Å². The fraction of sp³-hybridized carbons (Fsp3) is 0. The summed E-state index contributed by atoms with van der Waals surface area (Å²) in [6.07, 6.45) is 0. The van der Waals surface area contributed by atoms with E-state index in [1.807, 2.05) is 30.3 Å². The molecule has 0 atom stereocenters. The van der Waals surface area contributed by atoms with Gasteiger partial charge in [-0.2, -0.15) is 0 Å². The number of hydrogen-bond acceptors (Lipinski definition) is 5. The number of aromatic carboxylic acids is 1. The summed E-state index contributed by atoms with van der Waals surface area (Å²) in [4.78, 5) is 10.9. The number of nitrogens with zero attached hydrogens (tertiary/aromatic N) is 2. The van der Waals surface area contributed by atoms with Crippen LogP contribution in [0, 0.1) is 0 Å². The smallest absolute Gasteiger partial charge is 0.335 e. The molecule has 0 spiro atoms. The lowest BCUT2D eigenvalue weighted by Gasteiger charge is -2.02. The molecule has 0 unspecified atom stereocenters. The highest BCUT2D eigenvalue weighted by Gasteiger charge is 2.09. The number of anilines is 2. The van der Waals surface area contributed by atoms with Crippen molar-refractivity contribution in [1.82, 2.24) is 10.2 Å². The molecule has 2 N–H and O–H groups in total. The van der Waals surface area contributed by atoms with Crippen LogP contribution in [0.15, 0.2) is 59.0 Å². The van der Waals surface area contributed by atoms with E-state index in [0.717, 1.165) is 5.56 Å². The monoisotopic (exact) mass is 281 g/mol. The summed E-state index contributed by atoms with van der Waals surface area (Å²) in [5, 5.41) is 19.7. The van der Waals surface area contributed by atoms with Gasteiger partial charge in [-0.15, -0.1) is 5.10 Å². The second-order valence-corrected chi connectivity index (χ2v) is 4.29. The minimum absolute atomic E-state index is 0.183. The number of hydrogen-bond donors (Lipinski definition) is 2. The fourth-order valence-electron chi connectivity index (χ4n) is 1.82. The molecule has 0 saturated carbocycles. The van der Waals surface area contributed by atoms with E-state index in [4.69, 9.17) is 9.52 Å². The SMILES string of the molecule is O=C(O)c1cccc(Nc2nnc(-c3ccccc3)o2)c1. The van der Waals surface area contributed by atoms with E-state index >= 15 is 0 Å². The van der Waals surface area contributed by atoms with Crippen LogP contribution in [0.4, 0.5) is 11.7 Å². The average molecular weight is 281 g/mol. The van der Waals surface area contributed by atoms with Crippen molar-refractivity contribution in [2.45, 2.75) is 0 Å². The summed E-state index contributed by atoms with van der Waals surface area (Å²) in [6, 6.07) is 16.0. The Morgan fingerprint density at radius 3 is 2.62 bits per heavy atom. The Morgan fingerprint density at radius 1 is 1.05 bits per heavy atom. The maximum Gasteiger partial charge on any atom is 0.335 e. The number of nitrogens with one attached hydrogen (secondary N) is 1. The largest absolute Gasteiger partial charge is 0.478 e. The zero-order valence-electron chi connectivity index (χ0n) is 10.9. The van der Waals surface area contributed by atoms with Crippen molar-refractivity contribution in [3.63, 3.8) is 0 Å². The van der Waals surface area contributed by atoms with Crippen LogP contribution in [0.3, 0.4) is 0 Å². The molecule has 21 heavy (non-hydrogen) atoms. The lowest BCUT2D eigenvalue weighted by molar-refractivity contribution is 0.0697. The molecule has 6 nitrogen and oxygen atoms in total. The van der Waals surface area contributed by atoms with Gasteiger partial charge in [-0.1, -0.05) is 29.4 Å². The minimum atomic E-state index is -0.992. The molecule has 0 aliphatic heterocycles. The van der Waals surface area contributed by atoms with E-state index in [0.29, 0.717) is 11.6 Å². The molecule has 104 valence electrons. The molecule has 0 aliphatic carbocycles. The second kappa shape index (κ2) is 5.46. The molecular weight excluding hydrogens is 270 g/mol. The lowest BCUT2D eigenvalue weighted by Crippen LogP contribution is -1.97. The first-order valence-corrected chi connectivity index (χ1v) is 6.22. The van der Waals surface area contributed by atoms with Gasteiger partial charge in [0.15, 0.2) is 0 Å². The van der Waals surface area contributed by atoms with Gasteiger partial charge in [0.25, 0.3) is 0 Å². The van der Waals surface area contributed by atoms with Gasteiger partial charge in [-0.25, -0.2) is 4.79 Å². The van der Waals surface area contributed by atoms with Crippen LogP contribution in [-0.2, 0) is 0 Å². The molecule has 0 aliphatic rings. The summed E-state index contributed by atoms with van der Waals surface area (Å²) in [6.45, 7) is 0. The molecule has 3 rings (SSSR count). The van der Waals surface area contributed by atoms with Crippen LogP contribution in [0.5, 0.6) is 0 Å². The van der Waals surface area contributed by atoms with Crippen molar-refractivity contribution in [2.75, 3.05) is 5.32 Å². The third-order valence-corrected chi connectivity index (χ3v) is 2.81. The minimum Gasteiger partial charge on any atom is -0.478 e. The lowest BCUT2D eigenvalue weighted by atomic mass is 10.2. The highest BCUT2D eigenvalue weighted by atomic mass is 16.4. The molecule has 0 radical (unpaired) electrons. The summed E-state index contributed by atoms with van der Waals surface area (Å²) in [7, 11) is 0. The Labute approximate surface area is 120 Å². The molecule has 1 aromatic heterocycles. The van der Waals surface area contributed by atoms with Crippen molar-refractivity contribution in [3.05, 3.63) is 60.2 Å². The standard InChI is InChI=1S/C15H11N3O3/c19-14(20)11-7-4-8-12(9-11)16-15-18-17-13(21-15)10-5-2-1-3-6-10/h1-9H,(H,16,18)(H,19,20). The van der Waals surface area contributed by atoms with E-state index in [1.165, 1.54) is 12.1 Å². The van der Waals surface area contributed by atoms with E-state index in [-0.39, 0.29) is 11.6 Å².